The van der Waals surface area contributed by atoms with E-state index in [1.165, 1.54) is 12.1 Å². The number of nitrogens with zero attached hydrogens (tertiary/aromatic N) is 1. The van der Waals surface area contributed by atoms with Crippen molar-refractivity contribution in [2.45, 2.75) is 38.1 Å². The minimum atomic E-state index is -4.01. The molecule has 0 spiro atoms. The minimum absolute atomic E-state index is 0.0801. The van der Waals surface area contributed by atoms with Gasteiger partial charge in [0.1, 0.15) is 18.0 Å². The summed E-state index contributed by atoms with van der Waals surface area (Å²) in [6.07, 6.45) is 0.647. The molecule has 7 nitrogen and oxygen atoms in total. The molecule has 0 saturated carbocycles. The van der Waals surface area contributed by atoms with E-state index in [0.29, 0.717) is 24.5 Å². The number of hydrogen-bond acceptors (Lipinski definition) is 5. The SMILES string of the molecule is CCOc1ccc(S(=O)(=O)N(CC(=O)NC(CC)c2ccc(OC)cc2)c2ccc(C)cc2)cc1. The number of amides is 1. The number of aryl methyl sites for hydroxylation is 1. The molecule has 3 aromatic carbocycles. The topological polar surface area (TPSA) is 84.9 Å². The van der Waals surface area contributed by atoms with E-state index in [1.54, 1.807) is 31.4 Å². The monoisotopic (exact) mass is 496 g/mol. The first-order chi connectivity index (χ1) is 16.8. The number of carbonyl (C=O) groups excluding carboxylic acids is 1. The van der Waals surface area contributed by atoms with Gasteiger partial charge >= 0.3 is 0 Å². The number of sulfonamides is 1. The lowest BCUT2D eigenvalue weighted by molar-refractivity contribution is -0.120. The third kappa shape index (κ3) is 6.54. The van der Waals surface area contributed by atoms with Gasteiger partial charge in [0.25, 0.3) is 10.0 Å². The summed E-state index contributed by atoms with van der Waals surface area (Å²) in [7, 11) is -2.41. The highest BCUT2D eigenvalue weighted by Gasteiger charge is 2.28. The van der Waals surface area contributed by atoms with Gasteiger partial charge in [-0.25, -0.2) is 8.42 Å². The number of benzene rings is 3. The molecular weight excluding hydrogens is 464 g/mol. The summed E-state index contributed by atoms with van der Waals surface area (Å²) in [4.78, 5) is 13.2. The molecule has 1 unspecified atom stereocenters. The highest BCUT2D eigenvalue weighted by molar-refractivity contribution is 7.92. The van der Waals surface area contributed by atoms with E-state index in [1.807, 2.05) is 57.2 Å². The predicted molar refractivity (Wildman–Crippen MR) is 137 cm³/mol. The fourth-order valence-electron chi connectivity index (χ4n) is 3.66. The van der Waals surface area contributed by atoms with Crippen LogP contribution in [0.4, 0.5) is 5.69 Å². The Labute approximate surface area is 207 Å². The van der Waals surface area contributed by atoms with Gasteiger partial charge in [-0.05, 0) is 74.4 Å². The zero-order chi connectivity index (χ0) is 25.4. The second kappa shape index (κ2) is 11.8. The lowest BCUT2D eigenvalue weighted by Gasteiger charge is -2.26. The average molecular weight is 497 g/mol. The summed E-state index contributed by atoms with van der Waals surface area (Å²) in [5.41, 5.74) is 2.32. The van der Waals surface area contributed by atoms with Crippen LogP contribution in [0.1, 0.15) is 37.4 Å². The number of nitrogens with one attached hydrogen (secondary N) is 1. The molecule has 0 aliphatic carbocycles. The highest BCUT2D eigenvalue weighted by atomic mass is 32.2. The van der Waals surface area contributed by atoms with E-state index in [9.17, 15) is 13.2 Å². The lowest BCUT2D eigenvalue weighted by Crippen LogP contribution is -2.42. The Morgan fingerprint density at radius 2 is 1.51 bits per heavy atom. The van der Waals surface area contributed by atoms with Crippen LogP contribution in [0.5, 0.6) is 11.5 Å². The first-order valence-electron chi connectivity index (χ1n) is 11.5. The van der Waals surface area contributed by atoms with Crippen LogP contribution >= 0.6 is 0 Å². The Bertz CT molecular complexity index is 1210. The molecule has 0 heterocycles. The van der Waals surface area contributed by atoms with Crippen molar-refractivity contribution in [2.75, 3.05) is 24.6 Å². The normalized spacial score (nSPS) is 12.0. The van der Waals surface area contributed by atoms with Crippen molar-refractivity contribution in [2.24, 2.45) is 0 Å². The van der Waals surface area contributed by atoms with Crippen LogP contribution < -0.4 is 19.1 Å². The van der Waals surface area contributed by atoms with Crippen LogP contribution in [-0.4, -0.2) is 34.6 Å². The number of methoxy groups -OCH3 is 1. The van der Waals surface area contributed by atoms with Gasteiger partial charge < -0.3 is 14.8 Å². The van der Waals surface area contributed by atoms with Crippen molar-refractivity contribution in [3.63, 3.8) is 0 Å². The van der Waals surface area contributed by atoms with Gasteiger partial charge in [0.15, 0.2) is 0 Å². The van der Waals surface area contributed by atoms with Crippen LogP contribution in [-0.2, 0) is 14.8 Å². The number of rotatable bonds is 11. The predicted octanol–water partition coefficient (Wildman–Crippen LogP) is 4.87. The summed E-state index contributed by atoms with van der Waals surface area (Å²) in [6.45, 7) is 5.86. The molecule has 1 N–H and O–H groups in total. The summed E-state index contributed by atoms with van der Waals surface area (Å²) < 4.78 is 39.0. The van der Waals surface area contributed by atoms with Crippen molar-refractivity contribution in [3.8, 4) is 11.5 Å². The Balaban J connectivity index is 1.87. The third-order valence-corrected chi connectivity index (χ3v) is 7.38. The van der Waals surface area contributed by atoms with Crippen molar-refractivity contribution < 1.29 is 22.7 Å². The fourth-order valence-corrected chi connectivity index (χ4v) is 5.08. The van der Waals surface area contributed by atoms with Crippen LogP contribution in [0, 0.1) is 6.92 Å². The van der Waals surface area contributed by atoms with Gasteiger partial charge in [-0.15, -0.1) is 0 Å². The second-order valence-corrected chi connectivity index (χ2v) is 9.92. The van der Waals surface area contributed by atoms with Crippen LogP contribution in [0.2, 0.25) is 0 Å². The second-order valence-electron chi connectivity index (χ2n) is 8.05. The fraction of sp³-hybridized carbons (Fsp3) is 0.296. The molecule has 0 aromatic heterocycles. The van der Waals surface area contributed by atoms with Crippen molar-refractivity contribution in [1.29, 1.82) is 0 Å². The van der Waals surface area contributed by atoms with E-state index >= 15 is 0 Å². The Morgan fingerprint density at radius 3 is 2.06 bits per heavy atom. The molecule has 3 rings (SSSR count). The maximum atomic E-state index is 13.6. The van der Waals surface area contributed by atoms with Gasteiger partial charge in [0, 0.05) is 0 Å². The third-order valence-electron chi connectivity index (χ3n) is 5.59. The largest absolute Gasteiger partial charge is 0.497 e. The van der Waals surface area contributed by atoms with Crippen LogP contribution in [0.3, 0.4) is 0 Å². The highest BCUT2D eigenvalue weighted by Crippen LogP contribution is 2.26. The molecule has 0 bridgehead atoms. The number of ether oxygens (including phenoxy) is 2. The van der Waals surface area contributed by atoms with Crippen molar-refractivity contribution in [3.05, 3.63) is 83.9 Å². The zero-order valence-electron chi connectivity index (χ0n) is 20.5. The van der Waals surface area contributed by atoms with Crippen LogP contribution in [0.15, 0.2) is 77.7 Å². The van der Waals surface area contributed by atoms with Gasteiger partial charge in [-0.2, -0.15) is 0 Å². The first-order valence-corrected chi connectivity index (χ1v) is 13.0. The van der Waals surface area contributed by atoms with E-state index in [0.717, 1.165) is 21.2 Å². The van der Waals surface area contributed by atoms with Crippen LogP contribution in [0.25, 0.3) is 0 Å². The minimum Gasteiger partial charge on any atom is -0.497 e. The Kier molecular flexibility index (Phi) is 8.76. The van der Waals surface area contributed by atoms with E-state index in [-0.39, 0.29) is 17.5 Å². The maximum absolute atomic E-state index is 13.6. The van der Waals surface area contributed by atoms with E-state index in [2.05, 4.69) is 5.32 Å². The molecule has 8 heteroatoms. The number of carbonyl (C=O) groups is 1. The number of anilines is 1. The van der Waals surface area contributed by atoms with Crippen molar-refractivity contribution >= 4 is 21.6 Å². The first kappa shape index (κ1) is 26.1. The van der Waals surface area contributed by atoms with E-state index in [4.69, 9.17) is 9.47 Å². The molecule has 0 saturated heterocycles. The lowest BCUT2D eigenvalue weighted by atomic mass is 10.0. The number of hydrogen-bond donors (Lipinski definition) is 1. The molecular formula is C27H32N2O5S. The smallest absolute Gasteiger partial charge is 0.264 e. The summed E-state index contributed by atoms with van der Waals surface area (Å²) in [5.74, 6) is 0.904. The summed E-state index contributed by atoms with van der Waals surface area (Å²) in [6, 6.07) is 20.4. The molecule has 0 fully saturated rings. The maximum Gasteiger partial charge on any atom is 0.264 e. The van der Waals surface area contributed by atoms with Gasteiger partial charge in [-0.3, -0.25) is 9.10 Å². The zero-order valence-corrected chi connectivity index (χ0v) is 21.3. The standard InChI is InChI=1S/C27H32N2O5S/c1-5-26(21-9-13-23(33-4)14-10-21)28-27(30)19-29(22-11-7-20(3)8-12-22)35(31,32)25-17-15-24(16-18-25)34-6-2/h7-18,26H,5-6,19H2,1-4H3,(H,28,30). The molecule has 186 valence electrons. The average Bonchev–Trinajstić information content (AvgIpc) is 2.87. The molecule has 1 amide bonds. The van der Waals surface area contributed by atoms with Gasteiger partial charge in [0.05, 0.1) is 30.3 Å². The molecule has 0 radical (unpaired) electrons. The molecule has 3 aromatic rings. The molecule has 1 atom stereocenters. The van der Waals surface area contributed by atoms with Gasteiger partial charge in [0.2, 0.25) is 5.91 Å². The summed E-state index contributed by atoms with van der Waals surface area (Å²) in [5, 5.41) is 2.98. The van der Waals surface area contributed by atoms with E-state index < -0.39 is 15.9 Å². The van der Waals surface area contributed by atoms with Gasteiger partial charge in [-0.1, -0.05) is 36.8 Å². The summed E-state index contributed by atoms with van der Waals surface area (Å²) >= 11 is 0. The van der Waals surface area contributed by atoms with Crippen molar-refractivity contribution in [1.82, 2.24) is 5.32 Å². The Hall–Kier alpha value is -3.52. The quantitative estimate of drug-likeness (QED) is 0.410. The molecule has 0 aliphatic rings. The molecule has 0 aliphatic heterocycles. The Morgan fingerprint density at radius 1 is 0.914 bits per heavy atom. The molecule has 35 heavy (non-hydrogen) atoms.